The Labute approximate surface area is 140 Å². The van der Waals surface area contributed by atoms with E-state index in [1.165, 1.54) is 0 Å². The van der Waals surface area contributed by atoms with Crippen LogP contribution in [0.25, 0.3) is 0 Å². The van der Waals surface area contributed by atoms with E-state index in [2.05, 4.69) is 16.9 Å². The lowest BCUT2D eigenvalue weighted by molar-refractivity contribution is -0.404. The molecule has 2 aromatic rings. The summed E-state index contributed by atoms with van der Waals surface area (Å²) in [5.41, 5.74) is -1.89. The molecule has 0 unspecified atom stereocenters. The minimum Gasteiger partial charge on any atom is -0.497 e. The molecule has 0 atom stereocenters. The third kappa shape index (κ3) is 5.16. The molecule has 1 aromatic heterocycles. The molecule has 0 aliphatic heterocycles. The van der Waals surface area contributed by atoms with Gasteiger partial charge in [-0.3, -0.25) is 30.3 Å². The molecule has 1 N–H and O–H groups in total. The van der Waals surface area contributed by atoms with Gasteiger partial charge in [0.1, 0.15) is 5.82 Å². The van der Waals surface area contributed by atoms with Crippen molar-refractivity contribution in [3.05, 3.63) is 66.3 Å². The fraction of sp³-hybridized carbons (Fsp3) is 0.231. The number of nitrogens with zero attached hydrogens (tertiary/aromatic N) is 5. The maximum atomic E-state index is 10.4. The van der Waals surface area contributed by atoms with Crippen LogP contribution < -0.4 is 0 Å². The summed E-state index contributed by atoms with van der Waals surface area (Å²) in [4.78, 5) is 35.9. The zero-order chi connectivity index (χ0) is 19.1. The van der Waals surface area contributed by atoms with E-state index >= 15 is 0 Å². The number of hydrogen-bond acceptors (Lipinski definition) is 9. The zero-order valence-corrected chi connectivity index (χ0v) is 13.1. The molecule has 1 aromatic carbocycles. The largest absolute Gasteiger partial charge is 0.497 e. The average molecular weight is 351 g/mol. The van der Waals surface area contributed by atoms with E-state index in [1.54, 1.807) is 6.20 Å². The van der Waals surface area contributed by atoms with Gasteiger partial charge in [0.25, 0.3) is 11.4 Å². The highest BCUT2D eigenvalue weighted by atomic mass is 16.6. The number of nitro benzene ring substituents is 3. The molecule has 0 saturated heterocycles. The summed E-state index contributed by atoms with van der Waals surface area (Å²) in [5, 5.41) is 40.2. The molecule has 0 aliphatic rings. The van der Waals surface area contributed by atoms with Gasteiger partial charge in [-0.05, 0) is 19.4 Å². The van der Waals surface area contributed by atoms with Gasteiger partial charge in [0, 0.05) is 11.9 Å². The van der Waals surface area contributed by atoms with Crippen LogP contribution in [-0.2, 0) is 6.42 Å². The van der Waals surface area contributed by atoms with Crippen LogP contribution in [0.4, 0.5) is 17.1 Å². The number of benzene rings is 1. The molecule has 0 aliphatic carbocycles. The molecule has 0 radical (unpaired) electrons. The number of non-ortho nitro benzene ring substituents is 1. The Bertz CT molecular complexity index is 789. The number of aryl methyl sites for hydroxylation is 2. The maximum Gasteiger partial charge on any atom is 0.324 e. The van der Waals surface area contributed by atoms with E-state index in [9.17, 15) is 30.3 Å². The van der Waals surface area contributed by atoms with Gasteiger partial charge in [0.15, 0.2) is 0 Å². The first kappa shape index (κ1) is 19.3. The van der Waals surface area contributed by atoms with Crippen LogP contribution >= 0.6 is 0 Å². The van der Waals surface area contributed by atoms with Crippen molar-refractivity contribution in [2.24, 2.45) is 0 Å². The predicted molar refractivity (Wildman–Crippen MR) is 84.2 cm³/mol. The second-order valence-corrected chi connectivity index (χ2v) is 4.55. The summed E-state index contributed by atoms with van der Waals surface area (Å²) in [6.07, 6.45) is 2.78. The van der Waals surface area contributed by atoms with Crippen molar-refractivity contribution >= 4 is 17.1 Å². The van der Waals surface area contributed by atoms with E-state index < -0.39 is 37.6 Å². The van der Waals surface area contributed by atoms with Gasteiger partial charge in [-0.1, -0.05) is 6.92 Å². The van der Waals surface area contributed by atoms with Gasteiger partial charge in [0.05, 0.1) is 26.9 Å². The van der Waals surface area contributed by atoms with E-state index in [0.29, 0.717) is 12.1 Å². The van der Waals surface area contributed by atoms with Crippen molar-refractivity contribution in [3.63, 3.8) is 0 Å². The van der Waals surface area contributed by atoms with E-state index in [0.717, 1.165) is 17.9 Å². The molecule has 0 saturated carbocycles. The number of aromatic hydroxyl groups is 1. The van der Waals surface area contributed by atoms with Crippen LogP contribution in [0.15, 0.2) is 24.4 Å². The predicted octanol–water partition coefficient (Wildman–Crippen LogP) is 2.46. The molecular formula is C13H13N5O7. The zero-order valence-electron chi connectivity index (χ0n) is 13.1. The lowest BCUT2D eigenvalue weighted by Crippen LogP contribution is -1.97. The Morgan fingerprint density at radius 2 is 1.56 bits per heavy atom. The second-order valence-electron chi connectivity index (χ2n) is 4.55. The molecule has 132 valence electrons. The molecule has 0 fully saturated rings. The van der Waals surface area contributed by atoms with Gasteiger partial charge in [-0.2, -0.15) is 0 Å². The van der Waals surface area contributed by atoms with Gasteiger partial charge in [-0.15, -0.1) is 0 Å². The van der Waals surface area contributed by atoms with Gasteiger partial charge >= 0.3 is 11.4 Å². The normalized spacial score (nSPS) is 9.68. The number of rotatable bonds is 4. The highest BCUT2D eigenvalue weighted by Crippen LogP contribution is 2.38. The molecule has 2 rings (SSSR count). The molecule has 12 heteroatoms. The van der Waals surface area contributed by atoms with Crippen LogP contribution in [0.2, 0.25) is 0 Å². The van der Waals surface area contributed by atoms with Crippen LogP contribution in [0, 0.1) is 37.3 Å². The van der Waals surface area contributed by atoms with Crippen LogP contribution in [0.1, 0.15) is 18.4 Å². The third-order valence-corrected chi connectivity index (χ3v) is 2.85. The standard InChI is InChI=1S/C7H10N2.C6H3N3O7/c1-3-7-4-5-8-6(2)9-7;10-6-4(8(13)14)1-3(7(11)12)2-5(6)9(15)16/h4-5H,3H2,1-2H3;1-2,10H. The van der Waals surface area contributed by atoms with Crippen molar-refractivity contribution < 1.29 is 19.9 Å². The van der Waals surface area contributed by atoms with Crippen LogP contribution in [0.5, 0.6) is 5.75 Å². The first-order valence-electron chi connectivity index (χ1n) is 6.76. The minimum atomic E-state index is -1.21. The molecule has 25 heavy (non-hydrogen) atoms. The van der Waals surface area contributed by atoms with Crippen LogP contribution in [0.3, 0.4) is 0 Å². The van der Waals surface area contributed by atoms with Crippen molar-refractivity contribution in [2.75, 3.05) is 0 Å². The van der Waals surface area contributed by atoms with Crippen molar-refractivity contribution in [3.8, 4) is 5.75 Å². The fourth-order valence-corrected chi connectivity index (χ4v) is 1.68. The van der Waals surface area contributed by atoms with E-state index in [1.807, 2.05) is 13.0 Å². The molecule has 0 bridgehead atoms. The number of aromatic nitrogens is 2. The number of phenolic OH excluding ortho intramolecular Hbond substituents is 1. The Morgan fingerprint density at radius 3 is 1.88 bits per heavy atom. The molecule has 12 nitrogen and oxygen atoms in total. The lowest BCUT2D eigenvalue weighted by Gasteiger charge is -1.97. The van der Waals surface area contributed by atoms with Crippen molar-refractivity contribution in [1.82, 2.24) is 9.97 Å². The van der Waals surface area contributed by atoms with Crippen LogP contribution in [-0.4, -0.2) is 29.8 Å². The summed E-state index contributed by atoms with van der Waals surface area (Å²) in [7, 11) is 0. The number of hydrogen-bond donors (Lipinski definition) is 1. The SMILES string of the molecule is CCc1ccnc(C)n1.O=[N+]([O-])c1cc([N+](=O)[O-])c(O)c([N+](=O)[O-])c1. The Balaban J connectivity index is 0.000000293. The second kappa shape index (κ2) is 8.24. The summed E-state index contributed by atoms with van der Waals surface area (Å²) in [6.45, 7) is 3.99. The third-order valence-electron chi connectivity index (χ3n) is 2.85. The summed E-state index contributed by atoms with van der Waals surface area (Å²) in [6, 6.07) is 2.83. The maximum absolute atomic E-state index is 10.4. The van der Waals surface area contributed by atoms with E-state index in [4.69, 9.17) is 5.11 Å². The molecular weight excluding hydrogens is 338 g/mol. The topological polar surface area (TPSA) is 175 Å². The first-order chi connectivity index (χ1) is 11.7. The number of nitro groups is 3. The summed E-state index contributed by atoms with van der Waals surface area (Å²) < 4.78 is 0. The van der Waals surface area contributed by atoms with Gasteiger partial charge in [-0.25, -0.2) is 9.97 Å². The quantitative estimate of drug-likeness (QED) is 0.640. The average Bonchev–Trinajstić information content (AvgIpc) is 2.54. The summed E-state index contributed by atoms with van der Waals surface area (Å²) >= 11 is 0. The Morgan fingerprint density at radius 1 is 1.04 bits per heavy atom. The minimum absolute atomic E-state index is 0.447. The molecule has 1 heterocycles. The highest BCUT2D eigenvalue weighted by molar-refractivity contribution is 5.64. The Kier molecular flexibility index (Phi) is 6.37. The molecule has 0 spiro atoms. The monoisotopic (exact) mass is 351 g/mol. The van der Waals surface area contributed by atoms with E-state index in [-0.39, 0.29) is 0 Å². The Hall–Kier alpha value is -3.70. The van der Waals surface area contributed by atoms with Gasteiger partial charge in [0.2, 0.25) is 0 Å². The lowest BCUT2D eigenvalue weighted by atomic mass is 10.2. The summed E-state index contributed by atoms with van der Waals surface area (Å²) in [5.74, 6) is -0.352. The van der Waals surface area contributed by atoms with Crippen molar-refractivity contribution in [1.29, 1.82) is 0 Å². The number of phenols is 1. The fourth-order valence-electron chi connectivity index (χ4n) is 1.68. The molecule has 0 amide bonds. The van der Waals surface area contributed by atoms with Crippen molar-refractivity contribution in [2.45, 2.75) is 20.3 Å². The highest BCUT2D eigenvalue weighted by Gasteiger charge is 2.30. The first-order valence-corrected chi connectivity index (χ1v) is 6.76. The van der Waals surface area contributed by atoms with Gasteiger partial charge < -0.3 is 5.11 Å². The smallest absolute Gasteiger partial charge is 0.324 e.